The highest BCUT2D eigenvalue weighted by atomic mass is 16.2. The van der Waals surface area contributed by atoms with Crippen LogP contribution in [0.15, 0.2) is 42.0 Å². The first kappa shape index (κ1) is 20.6. The number of pyridine rings is 1. The Kier molecular flexibility index (Phi) is 5.63. The van der Waals surface area contributed by atoms with Gasteiger partial charge < -0.3 is 10.2 Å². The van der Waals surface area contributed by atoms with Crippen LogP contribution in [0.1, 0.15) is 51.4 Å². The van der Waals surface area contributed by atoms with Gasteiger partial charge in [-0.1, -0.05) is 32.1 Å². The molecular formula is C25H31N3O2. The number of hydrogen-bond donors (Lipinski definition) is 1. The Bertz CT molecular complexity index is 955. The smallest absolute Gasteiger partial charge is 0.250 e. The lowest BCUT2D eigenvalue weighted by Gasteiger charge is -2.40. The summed E-state index contributed by atoms with van der Waals surface area (Å²) in [7, 11) is 1.65. The topological polar surface area (TPSA) is 62.3 Å². The van der Waals surface area contributed by atoms with Crippen molar-refractivity contribution in [3.63, 3.8) is 0 Å². The lowest BCUT2D eigenvalue weighted by molar-refractivity contribution is -0.118. The van der Waals surface area contributed by atoms with Gasteiger partial charge in [0, 0.05) is 25.6 Å². The minimum atomic E-state index is -0.0739. The first-order valence-electron chi connectivity index (χ1n) is 11.0. The number of nitrogens with one attached hydrogen (secondary N) is 1. The number of carbonyl (C=O) groups is 2. The first-order chi connectivity index (χ1) is 14.4. The molecule has 0 radical (unpaired) electrons. The predicted molar refractivity (Wildman–Crippen MR) is 120 cm³/mol. The van der Waals surface area contributed by atoms with Crippen LogP contribution >= 0.6 is 0 Å². The van der Waals surface area contributed by atoms with Gasteiger partial charge in [0.15, 0.2) is 0 Å². The second-order valence-electron chi connectivity index (χ2n) is 8.97. The third-order valence-corrected chi connectivity index (χ3v) is 6.45. The summed E-state index contributed by atoms with van der Waals surface area (Å²) in [4.78, 5) is 31.6. The molecule has 0 aromatic carbocycles. The van der Waals surface area contributed by atoms with E-state index in [0.717, 1.165) is 35.5 Å². The van der Waals surface area contributed by atoms with E-state index in [1.54, 1.807) is 14.0 Å². The van der Waals surface area contributed by atoms with Gasteiger partial charge in [0.25, 0.3) is 5.91 Å². The molecule has 3 unspecified atom stereocenters. The van der Waals surface area contributed by atoms with Crippen molar-refractivity contribution >= 4 is 23.1 Å². The summed E-state index contributed by atoms with van der Waals surface area (Å²) in [5.74, 6) is 1.36. The van der Waals surface area contributed by atoms with Crippen LogP contribution in [0.3, 0.4) is 0 Å². The van der Waals surface area contributed by atoms with Crippen molar-refractivity contribution in [2.45, 2.75) is 52.5 Å². The van der Waals surface area contributed by atoms with E-state index < -0.39 is 0 Å². The molecule has 0 bridgehead atoms. The highest BCUT2D eigenvalue weighted by Crippen LogP contribution is 2.45. The fourth-order valence-electron chi connectivity index (χ4n) is 4.83. The van der Waals surface area contributed by atoms with Gasteiger partial charge in [0.2, 0.25) is 5.91 Å². The van der Waals surface area contributed by atoms with Crippen molar-refractivity contribution < 1.29 is 9.59 Å². The van der Waals surface area contributed by atoms with E-state index in [9.17, 15) is 9.59 Å². The van der Waals surface area contributed by atoms with Gasteiger partial charge in [-0.15, -0.1) is 0 Å². The van der Waals surface area contributed by atoms with Crippen LogP contribution in [-0.4, -0.2) is 29.9 Å². The van der Waals surface area contributed by atoms with Gasteiger partial charge >= 0.3 is 0 Å². The number of rotatable bonds is 3. The van der Waals surface area contributed by atoms with Crippen molar-refractivity contribution in [1.29, 1.82) is 0 Å². The van der Waals surface area contributed by atoms with Gasteiger partial charge in [-0.05, 0) is 67.2 Å². The molecule has 5 heteroatoms. The van der Waals surface area contributed by atoms with Crippen molar-refractivity contribution in [2.24, 2.45) is 17.8 Å². The third-order valence-electron chi connectivity index (χ3n) is 6.45. The Morgan fingerprint density at radius 2 is 1.93 bits per heavy atom. The number of aromatic nitrogens is 1. The van der Waals surface area contributed by atoms with E-state index in [-0.39, 0.29) is 11.8 Å². The number of allylic oxidation sites excluding steroid dienone is 4. The zero-order valence-electron chi connectivity index (χ0n) is 18.3. The summed E-state index contributed by atoms with van der Waals surface area (Å²) in [6, 6.07) is 4.37. The average molecular weight is 406 g/mol. The molecule has 158 valence electrons. The largest absolute Gasteiger partial charge is 0.355 e. The van der Waals surface area contributed by atoms with Crippen molar-refractivity contribution in [3.8, 4) is 0 Å². The molecule has 30 heavy (non-hydrogen) atoms. The lowest BCUT2D eigenvalue weighted by atomic mass is 9.86. The SMILES string of the molecule is CNC(=O)C1=CCC(C)C=C(c2ccc3c(n2)CC(C)C(C2CC2)N3C(C)=O)C=C1. The van der Waals surface area contributed by atoms with E-state index in [1.807, 2.05) is 29.2 Å². The van der Waals surface area contributed by atoms with Crippen LogP contribution in [0.4, 0.5) is 5.69 Å². The molecule has 3 aliphatic rings. The van der Waals surface area contributed by atoms with E-state index in [2.05, 4.69) is 31.3 Å². The number of hydrogen-bond acceptors (Lipinski definition) is 3. The summed E-state index contributed by atoms with van der Waals surface area (Å²) in [6.45, 7) is 6.06. The van der Waals surface area contributed by atoms with E-state index in [1.165, 1.54) is 12.8 Å². The summed E-state index contributed by atoms with van der Waals surface area (Å²) in [5, 5.41) is 2.70. The summed E-state index contributed by atoms with van der Waals surface area (Å²) in [5.41, 5.74) is 4.56. The maximum atomic E-state index is 12.5. The normalized spacial score (nSPS) is 26.1. The van der Waals surface area contributed by atoms with Crippen LogP contribution in [0.25, 0.3) is 5.57 Å². The summed E-state index contributed by atoms with van der Waals surface area (Å²) in [6.07, 6.45) is 12.2. The number of amides is 2. The first-order valence-corrected chi connectivity index (χ1v) is 11.0. The molecule has 5 nitrogen and oxygen atoms in total. The molecule has 2 heterocycles. The minimum Gasteiger partial charge on any atom is -0.355 e. The zero-order chi connectivity index (χ0) is 21.4. The van der Waals surface area contributed by atoms with E-state index >= 15 is 0 Å². The van der Waals surface area contributed by atoms with Gasteiger partial charge in [-0.2, -0.15) is 0 Å². The van der Waals surface area contributed by atoms with Gasteiger partial charge in [0.1, 0.15) is 0 Å². The maximum Gasteiger partial charge on any atom is 0.250 e. The Hall–Kier alpha value is -2.69. The zero-order valence-corrected chi connectivity index (χ0v) is 18.3. The molecule has 1 aromatic heterocycles. The molecule has 0 saturated heterocycles. The van der Waals surface area contributed by atoms with Gasteiger partial charge in [-0.25, -0.2) is 0 Å². The Morgan fingerprint density at radius 1 is 1.17 bits per heavy atom. The predicted octanol–water partition coefficient (Wildman–Crippen LogP) is 4.06. The number of carbonyl (C=O) groups excluding carboxylic acids is 2. The van der Waals surface area contributed by atoms with E-state index in [0.29, 0.717) is 29.4 Å². The van der Waals surface area contributed by atoms with Gasteiger partial charge in [0.05, 0.1) is 17.1 Å². The van der Waals surface area contributed by atoms with Crippen LogP contribution in [0.5, 0.6) is 0 Å². The van der Waals surface area contributed by atoms with Crippen LogP contribution in [0.2, 0.25) is 0 Å². The highest BCUT2D eigenvalue weighted by Gasteiger charge is 2.44. The van der Waals surface area contributed by atoms with Crippen LogP contribution in [-0.2, 0) is 16.0 Å². The third kappa shape index (κ3) is 3.98. The molecule has 3 atom stereocenters. The molecule has 1 aromatic rings. The molecule has 1 aliphatic heterocycles. The molecule has 2 amide bonds. The van der Waals surface area contributed by atoms with Crippen molar-refractivity contribution in [1.82, 2.24) is 10.3 Å². The molecule has 4 rings (SSSR count). The summed E-state index contributed by atoms with van der Waals surface area (Å²) >= 11 is 0. The molecule has 1 fully saturated rings. The number of fused-ring (bicyclic) bond motifs is 1. The molecule has 1 N–H and O–H groups in total. The molecule has 1 saturated carbocycles. The standard InChI is InChI=1S/C25H31N3O2/c1-15-5-6-19(25(30)26-4)9-10-20(13-15)21-11-12-23-22(27-21)14-16(2)24(18-7-8-18)28(23)17(3)29/h6,9-13,15-16,18,24H,5,7-8,14H2,1-4H3,(H,26,30). The van der Waals surface area contributed by atoms with E-state index in [4.69, 9.17) is 4.98 Å². The molecular weight excluding hydrogens is 374 g/mol. The van der Waals surface area contributed by atoms with Crippen LogP contribution in [0, 0.1) is 17.8 Å². The van der Waals surface area contributed by atoms with Crippen molar-refractivity contribution in [2.75, 3.05) is 11.9 Å². The average Bonchev–Trinajstić information content (AvgIpc) is 3.53. The molecule has 0 spiro atoms. The van der Waals surface area contributed by atoms with Gasteiger partial charge in [-0.3, -0.25) is 14.6 Å². The fourth-order valence-corrected chi connectivity index (χ4v) is 4.83. The maximum absolute atomic E-state index is 12.5. The monoisotopic (exact) mass is 405 g/mol. The van der Waals surface area contributed by atoms with Crippen molar-refractivity contribution in [3.05, 3.63) is 53.4 Å². The second kappa shape index (κ2) is 8.21. The summed E-state index contributed by atoms with van der Waals surface area (Å²) < 4.78 is 0. The number of anilines is 1. The Balaban J connectivity index is 1.69. The number of likely N-dealkylation sites (N-methyl/N-ethyl adjacent to an activating group) is 1. The highest BCUT2D eigenvalue weighted by molar-refractivity contribution is 5.97. The second-order valence-corrected chi connectivity index (χ2v) is 8.97. The Labute approximate surface area is 178 Å². The number of nitrogens with zero attached hydrogens (tertiary/aromatic N) is 2. The fraction of sp³-hybridized carbons (Fsp3) is 0.480. The van der Waals surface area contributed by atoms with Crippen LogP contribution < -0.4 is 10.2 Å². The minimum absolute atomic E-state index is 0.0739. The lowest BCUT2D eigenvalue weighted by Crippen LogP contribution is -2.48. The molecule has 2 aliphatic carbocycles. The Morgan fingerprint density at radius 3 is 2.60 bits per heavy atom. The quantitative estimate of drug-likeness (QED) is 0.825.